The lowest BCUT2D eigenvalue weighted by Crippen LogP contribution is -2.38. The van der Waals surface area contributed by atoms with Gasteiger partial charge in [-0.25, -0.2) is 0 Å². The fourth-order valence-corrected chi connectivity index (χ4v) is 2.19. The summed E-state index contributed by atoms with van der Waals surface area (Å²) in [5.41, 5.74) is 0.922. The summed E-state index contributed by atoms with van der Waals surface area (Å²) in [7, 11) is 0. The molecule has 1 aliphatic carbocycles. The fourth-order valence-electron chi connectivity index (χ4n) is 2.19. The molecule has 13 heavy (non-hydrogen) atoms. The molecule has 1 fully saturated rings. The van der Waals surface area contributed by atoms with Crippen molar-refractivity contribution < 1.29 is 0 Å². The Bertz CT molecular complexity index is 331. The minimum Gasteiger partial charge on any atom is -0.265 e. The average molecular weight is 172 g/mol. The summed E-state index contributed by atoms with van der Waals surface area (Å²) in [6.07, 6.45) is 5.51. The van der Waals surface area contributed by atoms with Crippen LogP contribution in [-0.4, -0.2) is 4.98 Å². The molecule has 0 radical (unpaired) electrons. The summed E-state index contributed by atoms with van der Waals surface area (Å²) in [5, 5.41) is 9.14. The summed E-state index contributed by atoms with van der Waals surface area (Å²) < 4.78 is 0. The molecule has 0 unspecified atom stereocenters. The first-order valence-electron chi connectivity index (χ1n) is 4.58. The lowest BCUT2D eigenvalue weighted by atomic mass is 9.60. The summed E-state index contributed by atoms with van der Waals surface area (Å²) >= 11 is 0. The normalized spacial score (nSPS) is 31.8. The highest BCUT2D eigenvalue weighted by molar-refractivity contribution is 5.34. The SMILES string of the molecule is CC1CC(C#N)(c2ccncc2)C1. The van der Waals surface area contributed by atoms with Gasteiger partial charge in [0.05, 0.1) is 11.5 Å². The van der Waals surface area contributed by atoms with Crippen molar-refractivity contribution >= 4 is 0 Å². The lowest BCUT2D eigenvalue weighted by Gasteiger charge is -2.41. The van der Waals surface area contributed by atoms with Gasteiger partial charge in [0.2, 0.25) is 0 Å². The molecule has 1 aromatic rings. The van der Waals surface area contributed by atoms with Crippen LogP contribution in [0.2, 0.25) is 0 Å². The Hall–Kier alpha value is -1.36. The van der Waals surface area contributed by atoms with E-state index < -0.39 is 0 Å². The first kappa shape index (κ1) is 8.25. The Balaban J connectivity index is 2.31. The van der Waals surface area contributed by atoms with Crippen molar-refractivity contribution in [1.29, 1.82) is 5.26 Å². The number of pyridine rings is 1. The van der Waals surface area contributed by atoms with Gasteiger partial charge in [-0.3, -0.25) is 4.98 Å². The van der Waals surface area contributed by atoms with Gasteiger partial charge < -0.3 is 0 Å². The highest BCUT2D eigenvalue weighted by Crippen LogP contribution is 2.46. The van der Waals surface area contributed by atoms with E-state index in [4.69, 9.17) is 5.26 Å². The van der Waals surface area contributed by atoms with E-state index in [-0.39, 0.29) is 5.41 Å². The largest absolute Gasteiger partial charge is 0.265 e. The first-order chi connectivity index (χ1) is 6.27. The van der Waals surface area contributed by atoms with Crippen molar-refractivity contribution in [2.24, 2.45) is 5.92 Å². The molecule has 0 aromatic carbocycles. The van der Waals surface area contributed by atoms with E-state index in [0.29, 0.717) is 5.92 Å². The minimum atomic E-state index is -0.206. The molecule has 66 valence electrons. The molecule has 1 aromatic heterocycles. The average Bonchev–Trinajstić information content (AvgIpc) is 2.14. The van der Waals surface area contributed by atoms with Crippen LogP contribution in [0.3, 0.4) is 0 Å². The van der Waals surface area contributed by atoms with Crippen LogP contribution in [0, 0.1) is 17.2 Å². The van der Waals surface area contributed by atoms with Crippen LogP contribution in [0.25, 0.3) is 0 Å². The zero-order chi connectivity index (χ0) is 9.31. The maximum absolute atomic E-state index is 9.14. The van der Waals surface area contributed by atoms with Gasteiger partial charge in [-0.15, -0.1) is 0 Å². The molecule has 2 nitrogen and oxygen atoms in total. The van der Waals surface area contributed by atoms with Crippen molar-refractivity contribution in [3.05, 3.63) is 30.1 Å². The van der Waals surface area contributed by atoms with Crippen LogP contribution in [0.15, 0.2) is 24.5 Å². The number of rotatable bonds is 1. The molecule has 0 atom stereocenters. The van der Waals surface area contributed by atoms with Gasteiger partial charge in [0.25, 0.3) is 0 Å². The van der Waals surface area contributed by atoms with Crippen LogP contribution < -0.4 is 0 Å². The van der Waals surface area contributed by atoms with E-state index in [9.17, 15) is 0 Å². The fraction of sp³-hybridized carbons (Fsp3) is 0.455. The third-order valence-corrected chi connectivity index (χ3v) is 2.84. The number of nitriles is 1. The van der Waals surface area contributed by atoms with E-state index in [1.54, 1.807) is 12.4 Å². The Morgan fingerprint density at radius 2 is 2.08 bits per heavy atom. The summed E-state index contributed by atoms with van der Waals surface area (Å²) in [6, 6.07) is 6.34. The summed E-state index contributed by atoms with van der Waals surface area (Å²) in [5.74, 6) is 0.688. The van der Waals surface area contributed by atoms with Crippen LogP contribution >= 0.6 is 0 Å². The quantitative estimate of drug-likeness (QED) is 0.651. The maximum atomic E-state index is 9.14. The van der Waals surface area contributed by atoms with Crippen LogP contribution in [0.1, 0.15) is 25.3 Å². The lowest BCUT2D eigenvalue weighted by molar-refractivity contribution is 0.217. The number of nitrogens with zero attached hydrogens (tertiary/aromatic N) is 2. The van der Waals surface area contributed by atoms with E-state index in [1.165, 1.54) is 0 Å². The van der Waals surface area contributed by atoms with E-state index in [2.05, 4.69) is 18.0 Å². The third-order valence-electron chi connectivity index (χ3n) is 2.84. The molecule has 2 rings (SSSR count). The first-order valence-corrected chi connectivity index (χ1v) is 4.58. The van der Waals surface area contributed by atoms with Gasteiger partial charge in [0.1, 0.15) is 0 Å². The van der Waals surface area contributed by atoms with E-state index in [1.807, 2.05) is 12.1 Å². The van der Waals surface area contributed by atoms with Crippen molar-refractivity contribution in [3.8, 4) is 6.07 Å². The molecule has 0 aliphatic heterocycles. The summed E-state index contributed by atoms with van der Waals surface area (Å²) in [4.78, 5) is 3.96. The smallest absolute Gasteiger partial charge is 0.0828 e. The predicted octanol–water partition coefficient (Wildman–Crippen LogP) is 2.27. The van der Waals surface area contributed by atoms with E-state index >= 15 is 0 Å². The molecule has 1 saturated carbocycles. The molecule has 0 saturated heterocycles. The molecule has 0 amide bonds. The zero-order valence-corrected chi connectivity index (χ0v) is 7.70. The van der Waals surface area contributed by atoms with Gasteiger partial charge in [0, 0.05) is 12.4 Å². The monoisotopic (exact) mass is 172 g/mol. The van der Waals surface area contributed by atoms with Crippen LogP contribution in [0.5, 0.6) is 0 Å². The number of hydrogen-bond acceptors (Lipinski definition) is 2. The highest BCUT2D eigenvalue weighted by atomic mass is 14.6. The molecular formula is C11H12N2. The molecule has 0 N–H and O–H groups in total. The van der Waals surface area contributed by atoms with Crippen molar-refractivity contribution in [2.45, 2.75) is 25.2 Å². The molecule has 1 heterocycles. The molecule has 1 aliphatic rings. The van der Waals surface area contributed by atoms with Crippen molar-refractivity contribution in [3.63, 3.8) is 0 Å². The molecule has 0 bridgehead atoms. The Morgan fingerprint density at radius 1 is 1.46 bits per heavy atom. The molecule has 2 heteroatoms. The number of hydrogen-bond donors (Lipinski definition) is 0. The predicted molar refractivity (Wildman–Crippen MR) is 49.9 cm³/mol. The van der Waals surface area contributed by atoms with Crippen LogP contribution in [0.4, 0.5) is 0 Å². The number of aromatic nitrogens is 1. The second-order valence-electron chi connectivity index (χ2n) is 3.94. The van der Waals surface area contributed by atoms with Gasteiger partial charge >= 0.3 is 0 Å². The van der Waals surface area contributed by atoms with Crippen LogP contribution in [-0.2, 0) is 5.41 Å². The Kier molecular flexibility index (Phi) is 1.81. The highest BCUT2D eigenvalue weighted by Gasteiger charge is 2.43. The van der Waals surface area contributed by atoms with Gasteiger partial charge in [-0.1, -0.05) is 6.92 Å². The Morgan fingerprint density at radius 3 is 2.54 bits per heavy atom. The van der Waals surface area contributed by atoms with Crippen molar-refractivity contribution in [2.75, 3.05) is 0 Å². The van der Waals surface area contributed by atoms with Gasteiger partial charge in [0.15, 0.2) is 0 Å². The summed E-state index contributed by atoms with van der Waals surface area (Å²) in [6.45, 7) is 2.19. The maximum Gasteiger partial charge on any atom is 0.0828 e. The topological polar surface area (TPSA) is 36.7 Å². The second kappa shape index (κ2) is 2.85. The molecular weight excluding hydrogens is 160 g/mol. The van der Waals surface area contributed by atoms with E-state index in [0.717, 1.165) is 18.4 Å². The minimum absolute atomic E-state index is 0.206. The van der Waals surface area contributed by atoms with Crippen molar-refractivity contribution in [1.82, 2.24) is 4.98 Å². The standard InChI is InChI=1S/C11H12N2/c1-9-6-11(7-9,8-12)10-2-4-13-5-3-10/h2-5,9H,6-7H2,1H3. The zero-order valence-electron chi connectivity index (χ0n) is 7.70. The third kappa shape index (κ3) is 1.21. The second-order valence-corrected chi connectivity index (χ2v) is 3.94. The van der Waals surface area contributed by atoms with Gasteiger partial charge in [-0.2, -0.15) is 5.26 Å². The molecule has 0 spiro atoms. The van der Waals surface area contributed by atoms with Gasteiger partial charge in [-0.05, 0) is 36.5 Å². The Labute approximate surface area is 78.2 Å².